The second-order valence-electron chi connectivity index (χ2n) is 4.04. The first-order valence-electron chi connectivity index (χ1n) is 4.51. The van der Waals surface area contributed by atoms with Gasteiger partial charge in [-0.25, -0.2) is 0 Å². The molecule has 1 rings (SSSR count). The Labute approximate surface area is 69.2 Å². The van der Waals surface area contributed by atoms with E-state index in [9.17, 15) is 5.11 Å². The SMILES string of the molecule is CC1CC(O)CN(C(C)C)C1. The van der Waals surface area contributed by atoms with Crippen LogP contribution in [0.2, 0.25) is 0 Å². The number of likely N-dealkylation sites (tertiary alicyclic amines) is 1. The molecule has 0 aromatic rings. The molecule has 0 aliphatic carbocycles. The third-order valence-corrected chi connectivity index (χ3v) is 2.40. The van der Waals surface area contributed by atoms with Crippen LogP contribution in [-0.4, -0.2) is 35.2 Å². The molecular formula is C9H19NO. The first-order valence-corrected chi connectivity index (χ1v) is 4.51. The molecule has 1 N–H and O–H groups in total. The quantitative estimate of drug-likeness (QED) is 0.616. The largest absolute Gasteiger partial charge is 0.392 e. The number of β-amino-alcohol motifs (C(OH)–C–C–N with tert-alkyl or cyclic N) is 1. The Balaban J connectivity index is 2.43. The van der Waals surface area contributed by atoms with E-state index in [1.54, 1.807) is 0 Å². The van der Waals surface area contributed by atoms with Gasteiger partial charge in [0.05, 0.1) is 6.10 Å². The molecule has 0 saturated carbocycles. The fraction of sp³-hybridized carbons (Fsp3) is 1.00. The summed E-state index contributed by atoms with van der Waals surface area (Å²) < 4.78 is 0. The summed E-state index contributed by atoms with van der Waals surface area (Å²) in [5.41, 5.74) is 0. The van der Waals surface area contributed by atoms with E-state index in [2.05, 4.69) is 25.7 Å². The number of rotatable bonds is 1. The summed E-state index contributed by atoms with van der Waals surface area (Å²) in [5, 5.41) is 9.46. The molecule has 66 valence electrons. The second kappa shape index (κ2) is 3.55. The Hall–Kier alpha value is -0.0800. The molecule has 2 atom stereocenters. The highest BCUT2D eigenvalue weighted by atomic mass is 16.3. The molecular weight excluding hydrogens is 138 g/mol. The third-order valence-electron chi connectivity index (χ3n) is 2.40. The molecule has 1 aliphatic heterocycles. The van der Waals surface area contributed by atoms with Gasteiger partial charge in [-0.1, -0.05) is 6.92 Å². The van der Waals surface area contributed by atoms with E-state index in [4.69, 9.17) is 0 Å². The summed E-state index contributed by atoms with van der Waals surface area (Å²) in [7, 11) is 0. The fourth-order valence-corrected chi connectivity index (χ4v) is 1.78. The molecule has 0 radical (unpaired) electrons. The lowest BCUT2D eigenvalue weighted by Gasteiger charge is -2.36. The number of aliphatic hydroxyl groups is 1. The summed E-state index contributed by atoms with van der Waals surface area (Å²) in [6.45, 7) is 8.59. The number of nitrogens with zero attached hydrogens (tertiary/aromatic N) is 1. The molecule has 1 heterocycles. The fourth-order valence-electron chi connectivity index (χ4n) is 1.78. The molecule has 0 amide bonds. The zero-order valence-corrected chi connectivity index (χ0v) is 7.75. The highest BCUT2D eigenvalue weighted by molar-refractivity contribution is 4.78. The zero-order chi connectivity index (χ0) is 8.43. The topological polar surface area (TPSA) is 23.5 Å². The Kier molecular flexibility index (Phi) is 2.90. The van der Waals surface area contributed by atoms with Gasteiger partial charge in [0.1, 0.15) is 0 Å². The van der Waals surface area contributed by atoms with Crippen molar-refractivity contribution in [1.29, 1.82) is 0 Å². The van der Waals surface area contributed by atoms with Gasteiger partial charge >= 0.3 is 0 Å². The standard InChI is InChI=1S/C9H19NO/c1-7(2)10-5-8(3)4-9(11)6-10/h7-9,11H,4-6H2,1-3H3. The van der Waals surface area contributed by atoms with Gasteiger partial charge in [0.25, 0.3) is 0 Å². The van der Waals surface area contributed by atoms with Crippen LogP contribution in [0.4, 0.5) is 0 Å². The van der Waals surface area contributed by atoms with Gasteiger partial charge in [0.15, 0.2) is 0 Å². The van der Waals surface area contributed by atoms with Gasteiger partial charge in [0.2, 0.25) is 0 Å². The second-order valence-corrected chi connectivity index (χ2v) is 4.04. The summed E-state index contributed by atoms with van der Waals surface area (Å²) in [5.74, 6) is 0.654. The van der Waals surface area contributed by atoms with Crippen molar-refractivity contribution in [1.82, 2.24) is 4.90 Å². The van der Waals surface area contributed by atoms with Gasteiger partial charge in [0, 0.05) is 19.1 Å². The van der Waals surface area contributed by atoms with E-state index in [0.717, 1.165) is 19.5 Å². The van der Waals surface area contributed by atoms with E-state index >= 15 is 0 Å². The average molecular weight is 157 g/mol. The van der Waals surface area contributed by atoms with Crippen molar-refractivity contribution in [3.8, 4) is 0 Å². The van der Waals surface area contributed by atoms with E-state index in [1.807, 2.05) is 0 Å². The molecule has 11 heavy (non-hydrogen) atoms. The highest BCUT2D eigenvalue weighted by Gasteiger charge is 2.24. The van der Waals surface area contributed by atoms with E-state index in [-0.39, 0.29) is 6.10 Å². The number of hydrogen-bond acceptors (Lipinski definition) is 2. The van der Waals surface area contributed by atoms with Gasteiger partial charge in [-0.05, 0) is 26.2 Å². The minimum atomic E-state index is -0.0962. The van der Waals surface area contributed by atoms with Crippen LogP contribution in [0.3, 0.4) is 0 Å². The molecule has 2 nitrogen and oxygen atoms in total. The van der Waals surface area contributed by atoms with Crippen molar-refractivity contribution in [2.75, 3.05) is 13.1 Å². The molecule has 0 bridgehead atoms. The minimum Gasteiger partial charge on any atom is -0.392 e. The molecule has 1 fully saturated rings. The first kappa shape index (κ1) is 9.01. The molecule has 0 aromatic heterocycles. The highest BCUT2D eigenvalue weighted by Crippen LogP contribution is 2.17. The van der Waals surface area contributed by atoms with Gasteiger partial charge in [-0.3, -0.25) is 4.90 Å². The average Bonchev–Trinajstić information content (AvgIpc) is 1.85. The normalized spacial score (nSPS) is 34.6. The van der Waals surface area contributed by atoms with Crippen LogP contribution >= 0.6 is 0 Å². The predicted octanol–water partition coefficient (Wildman–Crippen LogP) is 1.10. The Morgan fingerprint density at radius 1 is 1.36 bits per heavy atom. The molecule has 1 aliphatic rings. The Bertz CT molecular complexity index is 115. The van der Waals surface area contributed by atoms with Gasteiger partial charge in [-0.15, -0.1) is 0 Å². The van der Waals surface area contributed by atoms with Crippen molar-refractivity contribution < 1.29 is 5.11 Å². The van der Waals surface area contributed by atoms with Crippen LogP contribution < -0.4 is 0 Å². The first-order chi connectivity index (χ1) is 5.09. The number of aliphatic hydroxyl groups excluding tert-OH is 1. The van der Waals surface area contributed by atoms with Crippen LogP contribution in [0, 0.1) is 5.92 Å². The van der Waals surface area contributed by atoms with E-state index in [1.165, 1.54) is 0 Å². The molecule has 2 unspecified atom stereocenters. The summed E-state index contributed by atoms with van der Waals surface area (Å²) in [4.78, 5) is 2.35. The van der Waals surface area contributed by atoms with Crippen LogP contribution in [0.15, 0.2) is 0 Å². The van der Waals surface area contributed by atoms with Crippen LogP contribution in [0.1, 0.15) is 27.2 Å². The summed E-state index contributed by atoms with van der Waals surface area (Å²) in [6, 6.07) is 0.576. The lowest BCUT2D eigenvalue weighted by atomic mass is 9.97. The molecule has 2 heteroatoms. The Morgan fingerprint density at radius 3 is 2.45 bits per heavy atom. The maximum atomic E-state index is 9.46. The van der Waals surface area contributed by atoms with Crippen LogP contribution in [-0.2, 0) is 0 Å². The smallest absolute Gasteiger partial charge is 0.0670 e. The zero-order valence-electron chi connectivity index (χ0n) is 7.75. The van der Waals surface area contributed by atoms with Crippen molar-refractivity contribution in [2.45, 2.75) is 39.3 Å². The van der Waals surface area contributed by atoms with Crippen molar-refractivity contribution in [3.05, 3.63) is 0 Å². The number of piperidine rings is 1. The monoisotopic (exact) mass is 157 g/mol. The molecule has 1 saturated heterocycles. The van der Waals surface area contributed by atoms with Crippen molar-refractivity contribution in [2.24, 2.45) is 5.92 Å². The van der Waals surface area contributed by atoms with E-state index in [0.29, 0.717) is 12.0 Å². The van der Waals surface area contributed by atoms with Crippen molar-refractivity contribution in [3.63, 3.8) is 0 Å². The lowest BCUT2D eigenvalue weighted by Crippen LogP contribution is -2.45. The van der Waals surface area contributed by atoms with Crippen LogP contribution in [0.25, 0.3) is 0 Å². The summed E-state index contributed by atoms with van der Waals surface area (Å²) in [6.07, 6.45) is 0.879. The Morgan fingerprint density at radius 2 is 2.00 bits per heavy atom. The van der Waals surface area contributed by atoms with Crippen LogP contribution in [0.5, 0.6) is 0 Å². The molecule has 0 aromatic carbocycles. The minimum absolute atomic E-state index is 0.0962. The maximum Gasteiger partial charge on any atom is 0.0670 e. The van der Waals surface area contributed by atoms with Crippen molar-refractivity contribution >= 4 is 0 Å². The lowest BCUT2D eigenvalue weighted by molar-refractivity contribution is 0.0295. The van der Waals surface area contributed by atoms with E-state index < -0.39 is 0 Å². The molecule has 0 spiro atoms. The van der Waals surface area contributed by atoms with Gasteiger partial charge in [-0.2, -0.15) is 0 Å². The predicted molar refractivity (Wildman–Crippen MR) is 46.5 cm³/mol. The maximum absolute atomic E-state index is 9.46. The third kappa shape index (κ3) is 2.46. The van der Waals surface area contributed by atoms with Gasteiger partial charge < -0.3 is 5.11 Å². The number of hydrogen-bond donors (Lipinski definition) is 1. The summed E-state index contributed by atoms with van der Waals surface area (Å²) >= 11 is 0.